The molecule has 1 aromatic carbocycles. The molecule has 0 aliphatic heterocycles. The zero-order chi connectivity index (χ0) is 17.4. The third kappa shape index (κ3) is 7.25. The van der Waals surface area contributed by atoms with E-state index in [0.29, 0.717) is 12.2 Å². The van der Waals surface area contributed by atoms with E-state index in [1.54, 1.807) is 0 Å². The van der Waals surface area contributed by atoms with Gasteiger partial charge in [0, 0.05) is 19.2 Å². The molecule has 1 rings (SSSR count). The zero-order valence-corrected chi connectivity index (χ0v) is 13.3. The number of hydrogen-bond donors (Lipinski definition) is 4. The topological polar surface area (TPSA) is 99.3 Å². The molecule has 4 amide bonds. The maximum Gasteiger partial charge on any atom is 0.321 e. The highest BCUT2D eigenvalue weighted by Gasteiger charge is 2.09. The van der Waals surface area contributed by atoms with E-state index in [4.69, 9.17) is 0 Å². The molecule has 0 spiro atoms. The van der Waals surface area contributed by atoms with Gasteiger partial charge in [-0.15, -0.1) is 0 Å². The van der Waals surface area contributed by atoms with E-state index in [2.05, 4.69) is 21.3 Å². The molecule has 0 aliphatic rings. The molecule has 0 unspecified atom stereocenters. The van der Waals surface area contributed by atoms with Crippen LogP contribution < -0.4 is 21.3 Å². The Bertz CT molecular complexity index is 590. The molecule has 0 saturated heterocycles. The molecule has 23 heavy (non-hydrogen) atoms. The predicted octanol–water partition coefficient (Wildman–Crippen LogP) is 1.68. The summed E-state index contributed by atoms with van der Waals surface area (Å²) in [5.74, 6) is -1.24. The van der Waals surface area contributed by atoms with Gasteiger partial charge in [0.25, 0.3) is 0 Å². The first-order valence-electron chi connectivity index (χ1n) is 7.16. The number of imide groups is 1. The van der Waals surface area contributed by atoms with E-state index in [9.17, 15) is 18.8 Å². The number of rotatable bonds is 6. The van der Waals surface area contributed by atoms with E-state index in [-0.39, 0.29) is 18.2 Å². The summed E-state index contributed by atoms with van der Waals surface area (Å²) >= 11 is 0. The molecular weight excluding hydrogens is 303 g/mol. The normalized spacial score (nSPS) is 10.1. The molecule has 1 aromatic rings. The van der Waals surface area contributed by atoms with Gasteiger partial charge in [-0.1, -0.05) is 13.8 Å². The summed E-state index contributed by atoms with van der Waals surface area (Å²) in [7, 11) is 0. The van der Waals surface area contributed by atoms with Gasteiger partial charge >= 0.3 is 6.03 Å². The minimum atomic E-state index is -0.580. The second-order valence-corrected chi connectivity index (χ2v) is 5.38. The number of urea groups is 1. The van der Waals surface area contributed by atoms with Crippen molar-refractivity contribution >= 4 is 29.2 Å². The van der Waals surface area contributed by atoms with Crippen LogP contribution in [0.15, 0.2) is 18.2 Å². The molecule has 0 saturated carbocycles. The molecule has 0 aliphatic carbocycles. The fourth-order valence-corrected chi connectivity index (χ4v) is 1.61. The zero-order valence-electron chi connectivity index (χ0n) is 13.3. The molecule has 0 bridgehead atoms. The quantitative estimate of drug-likeness (QED) is 0.640. The maximum absolute atomic E-state index is 13.5. The Morgan fingerprint density at radius 3 is 2.52 bits per heavy atom. The lowest BCUT2D eigenvalue weighted by Gasteiger charge is -2.11. The van der Waals surface area contributed by atoms with Crippen LogP contribution in [-0.4, -0.2) is 30.9 Å². The fourth-order valence-electron chi connectivity index (χ4n) is 1.61. The first-order chi connectivity index (χ1) is 10.8. The van der Waals surface area contributed by atoms with Crippen LogP contribution in [0.3, 0.4) is 0 Å². The highest BCUT2D eigenvalue weighted by Crippen LogP contribution is 2.19. The van der Waals surface area contributed by atoms with Gasteiger partial charge in [0.15, 0.2) is 0 Å². The van der Waals surface area contributed by atoms with Gasteiger partial charge in [-0.25, -0.2) is 9.18 Å². The number of amides is 4. The third-order valence-corrected chi connectivity index (χ3v) is 2.65. The van der Waals surface area contributed by atoms with Crippen molar-refractivity contribution in [2.45, 2.75) is 20.8 Å². The standard InChI is InChI=1S/C15H21FN4O3/c1-9(2)7-18-15(23)20-14(22)8-17-11-4-5-12(16)13(6-11)19-10(3)21/h4-6,9,17H,7-8H2,1-3H3,(H,19,21)(H2,18,20,22,23). The Kier molecular flexibility index (Phi) is 6.98. The maximum atomic E-state index is 13.5. The summed E-state index contributed by atoms with van der Waals surface area (Å²) in [5.41, 5.74) is 0.450. The predicted molar refractivity (Wildman–Crippen MR) is 85.6 cm³/mol. The van der Waals surface area contributed by atoms with Crippen molar-refractivity contribution in [3.05, 3.63) is 24.0 Å². The first-order valence-corrected chi connectivity index (χ1v) is 7.16. The number of anilines is 2. The smallest absolute Gasteiger partial charge is 0.321 e. The van der Waals surface area contributed by atoms with Crippen LogP contribution in [0.25, 0.3) is 0 Å². The highest BCUT2D eigenvalue weighted by atomic mass is 19.1. The molecule has 0 fully saturated rings. The largest absolute Gasteiger partial charge is 0.376 e. The number of carbonyl (C=O) groups excluding carboxylic acids is 3. The van der Waals surface area contributed by atoms with Gasteiger partial charge in [-0.05, 0) is 24.1 Å². The lowest BCUT2D eigenvalue weighted by atomic mass is 10.2. The summed E-state index contributed by atoms with van der Waals surface area (Å²) in [4.78, 5) is 34.0. The van der Waals surface area contributed by atoms with E-state index >= 15 is 0 Å². The number of halogens is 1. The van der Waals surface area contributed by atoms with Gasteiger partial charge in [-0.2, -0.15) is 0 Å². The van der Waals surface area contributed by atoms with Crippen molar-refractivity contribution in [3.8, 4) is 0 Å². The van der Waals surface area contributed by atoms with Crippen LogP contribution in [-0.2, 0) is 9.59 Å². The van der Waals surface area contributed by atoms with Crippen molar-refractivity contribution in [1.29, 1.82) is 0 Å². The van der Waals surface area contributed by atoms with Gasteiger partial charge in [0.2, 0.25) is 11.8 Å². The van der Waals surface area contributed by atoms with Crippen molar-refractivity contribution in [2.75, 3.05) is 23.7 Å². The molecule has 4 N–H and O–H groups in total. The van der Waals surface area contributed by atoms with Crippen LogP contribution in [0.5, 0.6) is 0 Å². The Labute approximate surface area is 134 Å². The third-order valence-electron chi connectivity index (χ3n) is 2.65. The van der Waals surface area contributed by atoms with Gasteiger partial charge in [0.1, 0.15) is 5.82 Å². The molecule has 7 nitrogen and oxygen atoms in total. The van der Waals surface area contributed by atoms with Crippen LogP contribution in [0.4, 0.5) is 20.6 Å². The Morgan fingerprint density at radius 1 is 1.22 bits per heavy atom. The van der Waals surface area contributed by atoms with E-state index in [0.717, 1.165) is 0 Å². The van der Waals surface area contributed by atoms with E-state index < -0.39 is 23.7 Å². The van der Waals surface area contributed by atoms with Crippen molar-refractivity contribution in [3.63, 3.8) is 0 Å². The van der Waals surface area contributed by atoms with Crippen LogP contribution in [0.2, 0.25) is 0 Å². The molecular formula is C15H21FN4O3. The van der Waals surface area contributed by atoms with Crippen molar-refractivity contribution in [2.24, 2.45) is 5.92 Å². The first kappa shape index (κ1) is 18.4. The molecule has 0 aromatic heterocycles. The van der Waals surface area contributed by atoms with Crippen molar-refractivity contribution < 1.29 is 18.8 Å². The number of nitrogens with one attached hydrogen (secondary N) is 4. The summed E-state index contributed by atoms with van der Waals surface area (Å²) in [6.45, 7) is 5.43. The monoisotopic (exact) mass is 324 g/mol. The van der Waals surface area contributed by atoms with E-state index in [1.165, 1.54) is 25.1 Å². The van der Waals surface area contributed by atoms with Crippen molar-refractivity contribution in [1.82, 2.24) is 10.6 Å². The van der Waals surface area contributed by atoms with Crippen LogP contribution in [0.1, 0.15) is 20.8 Å². The average Bonchev–Trinajstić information content (AvgIpc) is 2.45. The molecule has 8 heteroatoms. The summed E-state index contributed by atoms with van der Waals surface area (Å²) in [6.07, 6.45) is 0. The lowest BCUT2D eigenvalue weighted by molar-refractivity contribution is -0.118. The highest BCUT2D eigenvalue weighted by molar-refractivity contribution is 5.96. The Hall–Kier alpha value is -2.64. The number of carbonyl (C=O) groups is 3. The van der Waals surface area contributed by atoms with Crippen LogP contribution in [0, 0.1) is 11.7 Å². The minimum absolute atomic E-state index is 0.0117. The molecule has 0 heterocycles. The number of hydrogen-bond acceptors (Lipinski definition) is 4. The second kappa shape index (κ2) is 8.72. The van der Waals surface area contributed by atoms with Crippen LogP contribution >= 0.6 is 0 Å². The number of benzene rings is 1. The molecule has 0 atom stereocenters. The van der Waals surface area contributed by atoms with Gasteiger partial charge < -0.3 is 16.0 Å². The molecule has 0 radical (unpaired) electrons. The van der Waals surface area contributed by atoms with Gasteiger partial charge in [-0.3, -0.25) is 14.9 Å². The minimum Gasteiger partial charge on any atom is -0.376 e. The Balaban J connectivity index is 2.49. The summed E-state index contributed by atoms with van der Waals surface area (Å²) in [5, 5.41) is 9.81. The SMILES string of the molecule is CC(=O)Nc1cc(NCC(=O)NC(=O)NCC(C)C)ccc1F. The second-order valence-electron chi connectivity index (χ2n) is 5.38. The van der Waals surface area contributed by atoms with E-state index in [1.807, 2.05) is 13.8 Å². The fraction of sp³-hybridized carbons (Fsp3) is 0.400. The lowest BCUT2D eigenvalue weighted by Crippen LogP contribution is -2.43. The molecule has 126 valence electrons. The summed E-state index contributed by atoms with van der Waals surface area (Å²) in [6, 6.07) is 3.39. The average molecular weight is 324 g/mol. The summed E-state index contributed by atoms with van der Waals surface area (Å²) < 4.78 is 13.5. The van der Waals surface area contributed by atoms with Gasteiger partial charge in [0.05, 0.1) is 12.2 Å². The Morgan fingerprint density at radius 2 is 1.91 bits per heavy atom.